The van der Waals surface area contributed by atoms with Crippen LogP contribution >= 0.6 is 0 Å². The van der Waals surface area contributed by atoms with Crippen LogP contribution in [-0.4, -0.2) is 50.0 Å². The summed E-state index contributed by atoms with van der Waals surface area (Å²) in [5.74, 6) is -1.10. The Bertz CT molecular complexity index is 531. The molecule has 1 saturated heterocycles. The predicted octanol–water partition coefficient (Wildman–Crippen LogP) is 1.93. The molecule has 6 heteroatoms. The van der Waals surface area contributed by atoms with Gasteiger partial charge in [0.25, 0.3) is 5.91 Å². The lowest BCUT2D eigenvalue weighted by Gasteiger charge is -2.17. The normalized spacial score (nSPS) is 18.0. The highest BCUT2D eigenvalue weighted by Gasteiger charge is 2.33. The number of hydrogen-bond acceptors (Lipinski definition) is 4. The van der Waals surface area contributed by atoms with Crippen molar-refractivity contribution in [2.45, 2.75) is 25.4 Å². The number of carboxylic acid groups (broad SMARTS) is 1. The number of carboxylic acids is 1. The Labute approximate surface area is 129 Å². The summed E-state index contributed by atoms with van der Waals surface area (Å²) < 4.78 is 10.6. The number of unbranched alkanes of at least 4 members (excludes halogenated alkanes) is 1. The first-order valence-corrected chi connectivity index (χ1v) is 7.38. The molecule has 1 aliphatic rings. The monoisotopic (exact) mass is 307 g/mol. The molecule has 6 nitrogen and oxygen atoms in total. The molecule has 0 spiro atoms. The second kappa shape index (κ2) is 7.91. The van der Waals surface area contributed by atoms with Crippen LogP contribution in [0.5, 0.6) is 0 Å². The van der Waals surface area contributed by atoms with Gasteiger partial charge in [-0.25, -0.2) is 4.79 Å². The summed E-state index contributed by atoms with van der Waals surface area (Å²) in [4.78, 5) is 24.9. The van der Waals surface area contributed by atoms with Gasteiger partial charge in [0.1, 0.15) is 6.10 Å². The molecule has 2 rings (SSSR count). The van der Waals surface area contributed by atoms with Gasteiger partial charge in [0.2, 0.25) is 0 Å². The van der Waals surface area contributed by atoms with Gasteiger partial charge in [-0.3, -0.25) is 4.79 Å². The van der Waals surface area contributed by atoms with Crippen LogP contribution in [0.25, 0.3) is 0 Å². The first kappa shape index (κ1) is 16.5. The summed E-state index contributed by atoms with van der Waals surface area (Å²) >= 11 is 0. The van der Waals surface area contributed by atoms with E-state index in [9.17, 15) is 9.59 Å². The largest absolute Gasteiger partial charge is 0.478 e. The van der Waals surface area contributed by atoms with Gasteiger partial charge in [0.05, 0.1) is 5.56 Å². The number of rotatable bonds is 8. The topological polar surface area (TPSA) is 76.1 Å². The molecule has 1 aromatic carbocycles. The Hall–Kier alpha value is -1.92. The highest BCUT2D eigenvalue weighted by molar-refractivity contribution is 6.00. The van der Waals surface area contributed by atoms with Gasteiger partial charge in [-0.05, 0) is 31.0 Å². The van der Waals surface area contributed by atoms with Crippen LogP contribution in [-0.2, 0) is 14.3 Å². The number of methoxy groups -OCH3 is 1. The van der Waals surface area contributed by atoms with Gasteiger partial charge in [0.15, 0.2) is 0 Å². The molecular weight excluding hydrogens is 286 g/mol. The van der Waals surface area contributed by atoms with E-state index < -0.39 is 12.1 Å². The van der Waals surface area contributed by atoms with Crippen molar-refractivity contribution in [2.24, 2.45) is 0 Å². The van der Waals surface area contributed by atoms with Gasteiger partial charge in [-0.1, -0.05) is 6.07 Å². The Morgan fingerprint density at radius 3 is 2.86 bits per heavy atom. The van der Waals surface area contributed by atoms with E-state index in [1.807, 2.05) is 0 Å². The molecule has 1 aliphatic heterocycles. The Morgan fingerprint density at radius 2 is 2.14 bits per heavy atom. The molecule has 1 aromatic rings. The first-order valence-electron chi connectivity index (χ1n) is 7.38. The molecule has 1 heterocycles. The maximum atomic E-state index is 12.3. The van der Waals surface area contributed by atoms with Crippen molar-refractivity contribution in [2.75, 3.05) is 31.8 Å². The summed E-state index contributed by atoms with van der Waals surface area (Å²) in [6.07, 6.45) is 1.95. The van der Waals surface area contributed by atoms with E-state index in [1.165, 1.54) is 12.1 Å². The molecule has 1 atom stereocenters. The van der Waals surface area contributed by atoms with E-state index in [2.05, 4.69) is 0 Å². The first-order chi connectivity index (χ1) is 10.6. The molecule has 0 saturated carbocycles. The zero-order valence-corrected chi connectivity index (χ0v) is 12.7. The highest BCUT2D eigenvalue weighted by Crippen LogP contribution is 2.24. The minimum atomic E-state index is -1.00. The molecule has 1 fully saturated rings. The van der Waals surface area contributed by atoms with E-state index in [0.29, 0.717) is 31.9 Å². The van der Waals surface area contributed by atoms with Crippen molar-refractivity contribution in [3.8, 4) is 0 Å². The zero-order valence-electron chi connectivity index (χ0n) is 12.7. The molecule has 0 aliphatic carbocycles. The summed E-state index contributed by atoms with van der Waals surface area (Å²) in [5.41, 5.74) is 0.782. The Balaban J connectivity index is 1.91. The van der Waals surface area contributed by atoms with Crippen LogP contribution in [0.4, 0.5) is 5.69 Å². The minimum Gasteiger partial charge on any atom is -0.478 e. The van der Waals surface area contributed by atoms with Gasteiger partial charge in [-0.15, -0.1) is 0 Å². The van der Waals surface area contributed by atoms with E-state index in [-0.39, 0.29) is 11.5 Å². The fourth-order valence-corrected chi connectivity index (χ4v) is 2.45. The molecule has 120 valence electrons. The molecule has 0 bridgehead atoms. The van der Waals surface area contributed by atoms with E-state index in [4.69, 9.17) is 14.6 Å². The number of carbonyl (C=O) groups is 2. The third kappa shape index (κ3) is 4.05. The van der Waals surface area contributed by atoms with Gasteiger partial charge in [0, 0.05) is 39.0 Å². The summed E-state index contributed by atoms with van der Waals surface area (Å²) in [6, 6.07) is 6.41. The lowest BCUT2D eigenvalue weighted by atomic mass is 10.2. The second-order valence-corrected chi connectivity index (χ2v) is 5.19. The Morgan fingerprint density at radius 1 is 1.36 bits per heavy atom. The minimum absolute atomic E-state index is 0.103. The van der Waals surface area contributed by atoms with Crippen molar-refractivity contribution in [3.63, 3.8) is 0 Å². The van der Waals surface area contributed by atoms with Gasteiger partial charge < -0.3 is 19.5 Å². The molecule has 0 radical (unpaired) electrons. The summed E-state index contributed by atoms with van der Waals surface area (Å²) in [5, 5.41) is 9.02. The van der Waals surface area contributed by atoms with Crippen LogP contribution in [0.15, 0.2) is 24.3 Å². The van der Waals surface area contributed by atoms with E-state index in [0.717, 1.165) is 12.8 Å². The average molecular weight is 307 g/mol. The molecule has 1 amide bonds. The van der Waals surface area contributed by atoms with E-state index in [1.54, 1.807) is 24.1 Å². The van der Waals surface area contributed by atoms with Crippen molar-refractivity contribution in [3.05, 3.63) is 29.8 Å². The third-order valence-corrected chi connectivity index (χ3v) is 3.62. The molecule has 0 aromatic heterocycles. The number of nitrogens with zero attached hydrogens (tertiary/aromatic N) is 1. The Kier molecular flexibility index (Phi) is 5.91. The lowest BCUT2D eigenvalue weighted by molar-refractivity contribution is -0.127. The van der Waals surface area contributed by atoms with Gasteiger partial charge >= 0.3 is 5.97 Å². The zero-order chi connectivity index (χ0) is 15.9. The highest BCUT2D eigenvalue weighted by atomic mass is 16.5. The SMILES string of the molecule is COCCCCOC1CCN(c2cccc(C(=O)O)c2)C1=O. The molecular formula is C16H21NO5. The van der Waals surface area contributed by atoms with Crippen LogP contribution in [0.2, 0.25) is 0 Å². The molecule has 22 heavy (non-hydrogen) atoms. The summed E-state index contributed by atoms with van der Waals surface area (Å²) in [7, 11) is 1.66. The van der Waals surface area contributed by atoms with Gasteiger partial charge in [-0.2, -0.15) is 0 Å². The number of benzene rings is 1. The number of aromatic carboxylic acids is 1. The van der Waals surface area contributed by atoms with Crippen molar-refractivity contribution in [1.82, 2.24) is 0 Å². The molecule has 1 unspecified atom stereocenters. The van der Waals surface area contributed by atoms with Crippen molar-refractivity contribution in [1.29, 1.82) is 0 Å². The van der Waals surface area contributed by atoms with Crippen LogP contribution < -0.4 is 4.90 Å². The summed E-state index contributed by atoms with van der Waals surface area (Å²) in [6.45, 7) is 1.77. The standard InChI is InChI=1S/C16H21NO5/c1-21-9-2-3-10-22-14-7-8-17(15(14)18)13-6-4-5-12(11-13)16(19)20/h4-6,11,14H,2-3,7-10H2,1H3,(H,19,20). The number of carbonyl (C=O) groups excluding carboxylic acids is 1. The average Bonchev–Trinajstić information content (AvgIpc) is 2.88. The maximum Gasteiger partial charge on any atom is 0.335 e. The maximum absolute atomic E-state index is 12.3. The second-order valence-electron chi connectivity index (χ2n) is 5.19. The van der Waals surface area contributed by atoms with Crippen molar-refractivity contribution < 1.29 is 24.2 Å². The lowest BCUT2D eigenvalue weighted by Crippen LogP contribution is -2.31. The smallest absolute Gasteiger partial charge is 0.335 e. The van der Waals surface area contributed by atoms with Crippen LogP contribution in [0.1, 0.15) is 29.6 Å². The van der Waals surface area contributed by atoms with Crippen LogP contribution in [0.3, 0.4) is 0 Å². The van der Waals surface area contributed by atoms with Crippen molar-refractivity contribution >= 4 is 17.6 Å². The fourth-order valence-electron chi connectivity index (χ4n) is 2.45. The van der Waals surface area contributed by atoms with E-state index >= 15 is 0 Å². The molecule has 1 N–H and O–H groups in total. The predicted molar refractivity (Wildman–Crippen MR) is 81.2 cm³/mol. The van der Waals surface area contributed by atoms with Crippen LogP contribution in [0, 0.1) is 0 Å². The fraction of sp³-hybridized carbons (Fsp3) is 0.500. The number of hydrogen-bond donors (Lipinski definition) is 1. The quantitative estimate of drug-likeness (QED) is 0.743. The number of ether oxygens (including phenoxy) is 2. The number of amides is 1. The third-order valence-electron chi connectivity index (χ3n) is 3.62. The number of anilines is 1.